The summed E-state index contributed by atoms with van der Waals surface area (Å²) in [5, 5.41) is 11.0. The Balaban J connectivity index is 1.51. The number of nitrogens with zero attached hydrogens (tertiary/aromatic N) is 4. The average molecular weight is 339 g/mol. The molecule has 1 N–H and O–H groups in total. The number of nitrogens with one attached hydrogen (secondary N) is 1. The van der Waals surface area contributed by atoms with Gasteiger partial charge in [-0.2, -0.15) is 5.10 Å². The molecular formula is C17H17N5O3. The highest BCUT2D eigenvalue weighted by Gasteiger charge is 2.05. The third-order valence-electron chi connectivity index (χ3n) is 3.35. The molecule has 1 amide bonds. The van der Waals surface area contributed by atoms with Gasteiger partial charge >= 0.3 is 0 Å². The Morgan fingerprint density at radius 1 is 1.12 bits per heavy atom. The van der Waals surface area contributed by atoms with Crippen molar-refractivity contribution in [3.05, 3.63) is 71.3 Å². The van der Waals surface area contributed by atoms with Gasteiger partial charge < -0.3 is 10.1 Å². The first-order valence-electron chi connectivity index (χ1n) is 7.75. The predicted octanol–water partition coefficient (Wildman–Crippen LogP) is 0.624. The summed E-state index contributed by atoms with van der Waals surface area (Å²) in [6.07, 6.45) is 3.37. The summed E-state index contributed by atoms with van der Waals surface area (Å²) < 4.78 is 8.20. The van der Waals surface area contributed by atoms with Crippen molar-refractivity contribution in [3.63, 3.8) is 0 Å². The molecule has 0 bridgehead atoms. The molecule has 0 fully saturated rings. The van der Waals surface area contributed by atoms with Gasteiger partial charge in [0, 0.05) is 25.0 Å². The summed E-state index contributed by atoms with van der Waals surface area (Å²) in [6.45, 7) is 0.442. The largest absolute Gasteiger partial charge is 0.484 e. The maximum absolute atomic E-state index is 11.9. The smallest absolute Gasteiger partial charge is 0.266 e. The summed E-state index contributed by atoms with van der Waals surface area (Å²) >= 11 is 0. The van der Waals surface area contributed by atoms with Gasteiger partial charge in [0.1, 0.15) is 5.75 Å². The zero-order chi connectivity index (χ0) is 17.5. The zero-order valence-electron chi connectivity index (χ0n) is 13.4. The van der Waals surface area contributed by atoms with Crippen LogP contribution in [0.15, 0.2) is 65.7 Å². The van der Waals surface area contributed by atoms with Crippen LogP contribution in [0.25, 0.3) is 5.82 Å². The molecule has 25 heavy (non-hydrogen) atoms. The van der Waals surface area contributed by atoms with Crippen molar-refractivity contribution < 1.29 is 9.53 Å². The maximum atomic E-state index is 11.9. The van der Waals surface area contributed by atoms with Crippen molar-refractivity contribution in [1.29, 1.82) is 0 Å². The van der Waals surface area contributed by atoms with Crippen LogP contribution in [0.4, 0.5) is 0 Å². The van der Waals surface area contributed by atoms with Gasteiger partial charge in [-0.25, -0.2) is 9.36 Å². The van der Waals surface area contributed by atoms with E-state index in [0.717, 1.165) is 0 Å². The van der Waals surface area contributed by atoms with E-state index in [1.807, 2.05) is 18.2 Å². The topological polar surface area (TPSA) is 91.0 Å². The first kappa shape index (κ1) is 16.4. The monoisotopic (exact) mass is 339 g/mol. The first-order valence-corrected chi connectivity index (χ1v) is 7.75. The molecule has 0 spiro atoms. The van der Waals surface area contributed by atoms with Gasteiger partial charge in [-0.05, 0) is 24.3 Å². The van der Waals surface area contributed by atoms with Crippen LogP contribution in [0, 0.1) is 0 Å². The molecule has 2 aromatic heterocycles. The predicted molar refractivity (Wildman–Crippen MR) is 90.6 cm³/mol. The number of benzene rings is 1. The standard InChI is InChI=1S/C17H17N5O3/c23-16(13-25-14-5-2-1-3-6-14)18-10-12-22-17(24)8-7-15(20-22)21-11-4-9-19-21/h1-9,11H,10,12-13H2,(H,18,23). The molecule has 0 saturated carbocycles. The van der Waals surface area contributed by atoms with E-state index in [9.17, 15) is 9.59 Å². The lowest BCUT2D eigenvalue weighted by Crippen LogP contribution is -2.34. The Hall–Kier alpha value is -3.42. The Morgan fingerprint density at radius 2 is 1.96 bits per heavy atom. The lowest BCUT2D eigenvalue weighted by atomic mass is 10.3. The number of carbonyl (C=O) groups is 1. The molecule has 2 heterocycles. The molecule has 8 heteroatoms. The highest BCUT2D eigenvalue weighted by molar-refractivity contribution is 5.77. The molecule has 0 atom stereocenters. The van der Waals surface area contributed by atoms with E-state index < -0.39 is 0 Å². The quantitative estimate of drug-likeness (QED) is 0.681. The Bertz CT molecular complexity index is 875. The number of ether oxygens (including phenoxy) is 1. The molecular weight excluding hydrogens is 322 g/mol. The molecule has 3 aromatic rings. The van der Waals surface area contributed by atoms with E-state index >= 15 is 0 Å². The molecule has 0 saturated heterocycles. The lowest BCUT2D eigenvalue weighted by molar-refractivity contribution is -0.123. The van der Waals surface area contributed by atoms with Gasteiger partial charge in [-0.3, -0.25) is 9.59 Å². The number of rotatable bonds is 7. The minimum Gasteiger partial charge on any atom is -0.484 e. The van der Waals surface area contributed by atoms with Crippen LogP contribution in [0.3, 0.4) is 0 Å². The second kappa shape index (κ2) is 7.91. The fraction of sp³-hybridized carbons (Fsp3) is 0.176. The highest BCUT2D eigenvalue weighted by Crippen LogP contribution is 2.07. The first-order chi connectivity index (χ1) is 12.2. The summed E-state index contributed by atoms with van der Waals surface area (Å²) in [4.78, 5) is 23.6. The zero-order valence-corrected chi connectivity index (χ0v) is 13.4. The van der Waals surface area contributed by atoms with E-state index in [4.69, 9.17) is 4.74 Å². The van der Waals surface area contributed by atoms with Crippen LogP contribution >= 0.6 is 0 Å². The van der Waals surface area contributed by atoms with Crippen molar-refractivity contribution in [3.8, 4) is 11.6 Å². The maximum Gasteiger partial charge on any atom is 0.266 e. The van der Waals surface area contributed by atoms with Crippen LogP contribution in [-0.2, 0) is 11.3 Å². The minimum atomic E-state index is -0.264. The minimum absolute atomic E-state index is 0.0837. The molecule has 0 aliphatic carbocycles. The van der Waals surface area contributed by atoms with Crippen molar-refractivity contribution in [2.24, 2.45) is 0 Å². The number of aromatic nitrogens is 4. The Labute approximate surface area is 143 Å². The van der Waals surface area contributed by atoms with Crippen LogP contribution in [-0.4, -0.2) is 38.6 Å². The van der Waals surface area contributed by atoms with Crippen molar-refractivity contribution >= 4 is 5.91 Å². The molecule has 0 unspecified atom stereocenters. The van der Waals surface area contributed by atoms with Crippen LogP contribution in [0.5, 0.6) is 5.75 Å². The van der Waals surface area contributed by atoms with E-state index in [1.165, 1.54) is 10.7 Å². The molecule has 0 aliphatic heterocycles. The third-order valence-corrected chi connectivity index (χ3v) is 3.35. The summed E-state index contributed by atoms with van der Waals surface area (Å²) in [5.74, 6) is 0.894. The van der Waals surface area contributed by atoms with Crippen molar-refractivity contribution in [1.82, 2.24) is 24.9 Å². The number of para-hydroxylation sites is 1. The molecule has 0 radical (unpaired) electrons. The molecule has 128 valence electrons. The van der Waals surface area contributed by atoms with Crippen molar-refractivity contribution in [2.45, 2.75) is 6.54 Å². The Kier molecular flexibility index (Phi) is 5.20. The molecule has 0 aliphatic rings. The lowest BCUT2D eigenvalue weighted by Gasteiger charge is -2.09. The van der Waals surface area contributed by atoms with E-state index in [2.05, 4.69) is 15.5 Å². The van der Waals surface area contributed by atoms with Crippen LogP contribution in [0.2, 0.25) is 0 Å². The summed E-state index contributed by atoms with van der Waals surface area (Å²) in [5.41, 5.74) is -0.245. The van der Waals surface area contributed by atoms with E-state index in [1.54, 1.807) is 41.3 Å². The summed E-state index contributed by atoms with van der Waals surface area (Å²) in [7, 11) is 0. The second-order valence-corrected chi connectivity index (χ2v) is 5.16. The number of carbonyl (C=O) groups excluding carboxylic acids is 1. The molecule has 8 nitrogen and oxygen atoms in total. The second-order valence-electron chi connectivity index (χ2n) is 5.16. The number of amides is 1. The third kappa shape index (κ3) is 4.54. The van der Waals surface area contributed by atoms with Crippen LogP contribution < -0.4 is 15.6 Å². The summed E-state index contributed by atoms with van der Waals surface area (Å²) in [6, 6.07) is 13.9. The SMILES string of the molecule is O=C(COc1ccccc1)NCCn1nc(-n2cccn2)ccc1=O. The van der Waals surface area contributed by atoms with Crippen molar-refractivity contribution in [2.75, 3.05) is 13.2 Å². The van der Waals surface area contributed by atoms with Gasteiger partial charge in [0.2, 0.25) is 0 Å². The fourth-order valence-corrected chi connectivity index (χ4v) is 2.14. The number of hydrogen-bond donors (Lipinski definition) is 1. The fourth-order valence-electron chi connectivity index (χ4n) is 2.14. The number of hydrogen-bond acceptors (Lipinski definition) is 5. The Morgan fingerprint density at radius 3 is 2.72 bits per heavy atom. The van der Waals surface area contributed by atoms with Gasteiger partial charge in [0.15, 0.2) is 12.4 Å². The van der Waals surface area contributed by atoms with E-state index in [0.29, 0.717) is 11.6 Å². The van der Waals surface area contributed by atoms with E-state index in [-0.39, 0.29) is 31.2 Å². The normalized spacial score (nSPS) is 10.4. The highest BCUT2D eigenvalue weighted by atomic mass is 16.5. The van der Waals surface area contributed by atoms with Gasteiger partial charge in [-0.15, -0.1) is 5.10 Å². The van der Waals surface area contributed by atoms with Gasteiger partial charge in [0.25, 0.3) is 11.5 Å². The van der Waals surface area contributed by atoms with Gasteiger partial charge in [0.05, 0.1) is 6.54 Å². The average Bonchev–Trinajstić information content (AvgIpc) is 3.17. The van der Waals surface area contributed by atoms with Gasteiger partial charge in [-0.1, -0.05) is 18.2 Å². The molecule has 3 rings (SSSR count). The molecule has 1 aromatic carbocycles. The van der Waals surface area contributed by atoms with Crippen LogP contribution in [0.1, 0.15) is 0 Å².